The Morgan fingerprint density at radius 2 is 1.41 bits per heavy atom. The fraction of sp³-hybridized carbons (Fsp3) is 0.950. The fourth-order valence-electron chi connectivity index (χ4n) is 3.41. The summed E-state index contributed by atoms with van der Waals surface area (Å²) < 4.78 is 43.2. The van der Waals surface area contributed by atoms with Crippen LogP contribution in [0.1, 0.15) is 48.5 Å². The minimum atomic E-state index is -3.48. The standard InChI is InChI=1S/C20H39F2NO4Si2/c1-13-12-23-16(24)14(26-28(8,9)17(2,3)4)15(20(23,25)19(13,21)22)27-29(10,11)18(5,6)7/h13-15,25H,12H2,1-11H3/t13-,14-,15-,20-/m1/s1. The van der Waals surface area contributed by atoms with Crippen molar-refractivity contribution in [1.29, 1.82) is 0 Å². The summed E-state index contributed by atoms with van der Waals surface area (Å²) in [6.07, 6.45) is -2.65. The molecule has 0 radical (unpaired) electrons. The van der Waals surface area contributed by atoms with Gasteiger partial charge < -0.3 is 18.9 Å². The molecular formula is C20H39F2NO4Si2. The van der Waals surface area contributed by atoms with Crippen LogP contribution in [0.2, 0.25) is 36.3 Å². The highest BCUT2D eigenvalue weighted by Crippen LogP contribution is 2.55. The van der Waals surface area contributed by atoms with E-state index in [1.807, 2.05) is 67.7 Å². The number of hydrogen-bond acceptors (Lipinski definition) is 4. The van der Waals surface area contributed by atoms with Crippen LogP contribution in [0.3, 0.4) is 0 Å². The lowest BCUT2D eigenvalue weighted by Gasteiger charge is -2.45. The van der Waals surface area contributed by atoms with Crippen LogP contribution in [0.25, 0.3) is 0 Å². The number of hydrogen-bond donors (Lipinski definition) is 1. The summed E-state index contributed by atoms with van der Waals surface area (Å²) in [5.74, 6) is -5.23. The van der Waals surface area contributed by atoms with Gasteiger partial charge in [0.05, 0.1) is 0 Å². The zero-order valence-corrected chi connectivity index (χ0v) is 21.8. The molecular weight excluding hydrogens is 412 g/mol. The van der Waals surface area contributed by atoms with Crippen molar-refractivity contribution in [2.75, 3.05) is 6.54 Å². The van der Waals surface area contributed by atoms with Crippen molar-refractivity contribution < 1.29 is 27.5 Å². The lowest BCUT2D eigenvalue weighted by atomic mass is 9.94. The summed E-state index contributed by atoms with van der Waals surface area (Å²) in [7, 11) is -5.08. The molecule has 0 spiro atoms. The number of nitrogens with zero attached hydrogens (tertiary/aromatic N) is 1. The van der Waals surface area contributed by atoms with E-state index in [2.05, 4.69) is 0 Å². The summed E-state index contributed by atoms with van der Waals surface area (Å²) >= 11 is 0. The van der Waals surface area contributed by atoms with E-state index in [4.69, 9.17) is 8.85 Å². The topological polar surface area (TPSA) is 59.0 Å². The van der Waals surface area contributed by atoms with Crippen molar-refractivity contribution in [1.82, 2.24) is 4.90 Å². The van der Waals surface area contributed by atoms with Crippen molar-refractivity contribution in [2.45, 2.75) is 109 Å². The van der Waals surface area contributed by atoms with Gasteiger partial charge in [-0.3, -0.25) is 4.79 Å². The lowest BCUT2D eigenvalue weighted by Crippen LogP contribution is -2.63. The number of carbonyl (C=O) groups excluding carboxylic acids is 1. The number of amides is 1. The molecule has 0 aliphatic carbocycles. The van der Waals surface area contributed by atoms with Gasteiger partial charge in [0.2, 0.25) is 5.72 Å². The molecule has 0 unspecified atom stereocenters. The molecule has 1 amide bonds. The zero-order valence-electron chi connectivity index (χ0n) is 19.8. The predicted octanol–water partition coefficient (Wildman–Crippen LogP) is 4.58. The van der Waals surface area contributed by atoms with Crippen LogP contribution in [0.4, 0.5) is 8.78 Å². The molecule has 29 heavy (non-hydrogen) atoms. The van der Waals surface area contributed by atoms with Crippen LogP contribution in [0.15, 0.2) is 0 Å². The van der Waals surface area contributed by atoms with Gasteiger partial charge in [0.25, 0.3) is 5.91 Å². The Kier molecular flexibility index (Phi) is 5.86. The summed E-state index contributed by atoms with van der Waals surface area (Å²) in [6.45, 7) is 21.0. The second kappa shape index (κ2) is 6.82. The molecule has 2 heterocycles. The second-order valence-electron chi connectivity index (χ2n) is 11.8. The molecule has 0 aromatic carbocycles. The highest BCUT2D eigenvalue weighted by Gasteiger charge is 2.77. The van der Waals surface area contributed by atoms with Crippen molar-refractivity contribution >= 4 is 22.5 Å². The quantitative estimate of drug-likeness (QED) is 0.636. The Balaban J connectivity index is 2.57. The zero-order chi connectivity index (χ0) is 23.0. The van der Waals surface area contributed by atoms with Crippen LogP contribution in [0, 0.1) is 5.92 Å². The van der Waals surface area contributed by atoms with Crippen molar-refractivity contribution in [3.05, 3.63) is 0 Å². The normalized spacial score (nSPS) is 33.4. The van der Waals surface area contributed by atoms with Gasteiger partial charge >= 0.3 is 5.92 Å². The van der Waals surface area contributed by atoms with E-state index in [0.717, 1.165) is 4.90 Å². The molecule has 2 aliphatic rings. The van der Waals surface area contributed by atoms with E-state index in [9.17, 15) is 9.90 Å². The third-order valence-corrected chi connectivity index (χ3v) is 16.5. The number of halogens is 2. The van der Waals surface area contributed by atoms with Gasteiger partial charge in [0.15, 0.2) is 22.7 Å². The maximum absolute atomic E-state index is 15.3. The average molecular weight is 452 g/mol. The number of fused-ring (bicyclic) bond motifs is 1. The average Bonchev–Trinajstić information content (AvgIpc) is 2.79. The fourth-order valence-corrected chi connectivity index (χ4v) is 5.90. The Hall–Kier alpha value is -0.356. The Morgan fingerprint density at radius 3 is 1.83 bits per heavy atom. The number of rotatable bonds is 4. The van der Waals surface area contributed by atoms with Gasteiger partial charge in [0.1, 0.15) is 6.10 Å². The van der Waals surface area contributed by atoms with Crippen LogP contribution in [0.5, 0.6) is 0 Å². The van der Waals surface area contributed by atoms with Crippen LogP contribution >= 0.6 is 0 Å². The summed E-state index contributed by atoms with van der Waals surface area (Å²) in [4.78, 5) is 14.2. The smallest absolute Gasteiger partial charge is 0.301 e. The molecule has 2 aliphatic heterocycles. The molecule has 0 saturated carbocycles. The first-order chi connectivity index (χ1) is 12.6. The lowest BCUT2D eigenvalue weighted by molar-refractivity contribution is -0.249. The molecule has 0 aromatic heterocycles. The Labute approximate surface area is 176 Å². The highest BCUT2D eigenvalue weighted by molar-refractivity contribution is 6.74. The minimum Gasteiger partial charge on any atom is -0.406 e. The third-order valence-electron chi connectivity index (χ3n) is 7.61. The van der Waals surface area contributed by atoms with E-state index >= 15 is 8.78 Å². The minimum absolute atomic E-state index is 0.211. The summed E-state index contributed by atoms with van der Waals surface area (Å²) in [6, 6.07) is 0. The Bertz CT molecular complexity index is 672. The van der Waals surface area contributed by atoms with Gasteiger partial charge in [-0.05, 0) is 36.3 Å². The van der Waals surface area contributed by atoms with Crippen molar-refractivity contribution in [3.8, 4) is 0 Å². The van der Waals surface area contributed by atoms with E-state index in [-0.39, 0.29) is 16.6 Å². The molecule has 0 aromatic rings. The number of alkyl halides is 2. The molecule has 5 nitrogen and oxygen atoms in total. The third kappa shape index (κ3) is 3.64. The van der Waals surface area contributed by atoms with Crippen molar-refractivity contribution in [2.24, 2.45) is 5.92 Å². The van der Waals surface area contributed by atoms with Crippen molar-refractivity contribution in [3.63, 3.8) is 0 Å². The van der Waals surface area contributed by atoms with E-state index < -0.39 is 52.3 Å². The largest absolute Gasteiger partial charge is 0.406 e. The molecule has 4 atom stereocenters. The van der Waals surface area contributed by atoms with Crippen LogP contribution < -0.4 is 0 Å². The summed E-state index contributed by atoms with van der Waals surface area (Å²) in [5.41, 5.74) is -2.69. The monoisotopic (exact) mass is 451 g/mol. The molecule has 2 fully saturated rings. The SMILES string of the molecule is C[C@@H]1CN2C(=O)[C@H](O[Si](C)(C)C(C)(C)C)[C@@H](O[Si](C)(C)C(C)(C)C)[C@@]2(O)C1(F)F. The van der Waals surface area contributed by atoms with E-state index in [0.29, 0.717) is 0 Å². The maximum Gasteiger partial charge on any atom is 0.301 e. The van der Waals surface area contributed by atoms with Crippen LogP contribution in [-0.4, -0.2) is 62.9 Å². The molecule has 170 valence electrons. The molecule has 1 N–H and O–H groups in total. The van der Waals surface area contributed by atoms with Crippen LogP contribution in [-0.2, 0) is 13.6 Å². The van der Waals surface area contributed by atoms with Gasteiger partial charge in [0, 0.05) is 12.5 Å². The van der Waals surface area contributed by atoms with E-state index in [1.54, 1.807) is 0 Å². The van der Waals surface area contributed by atoms with E-state index in [1.165, 1.54) is 6.92 Å². The second-order valence-corrected chi connectivity index (χ2v) is 21.3. The first-order valence-corrected chi connectivity index (χ1v) is 16.2. The van der Waals surface area contributed by atoms with Gasteiger partial charge in [-0.1, -0.05) is 48.5 Å². The Morgan fingerprint density at radius 1 is 1.00 bits per heavy atom. The van der Waals surface area contributed by atoms with Gasteiger partial charge in [-0.15, -0.1) is 0 Å². The van der Waals surface area contributed by atoms with Gasteiger partial charge in [-0.2, -0.15) is 0 Å². The first kappa shape index (κ1) is 24.9. The first-order valence-electron chi connectivity index (χ1n) is 10.4. The predicted molar refractivity (Wildman–Crippen MR) is 115 cm³/mol. The maximum atomic E-state index is 15.3. The molecule has 0 bridgehead atoms. The number of aliphatic hydroxyl groups is 1. The van der Waals surface area contributed by atoms with Gasteiger partial charge in [-0.25, -0.2) is 8.78 Å². The molecule has 2 saturated heterocycles. The molecule has 2 rings (SSSR count). The highest BCUT2D eigenvalue weighted by atomic mass is 28.4. The summed E-state index contributed by atoms with van der Waals surface area (Å²) in [5, 5.41) is 10.8. The number of carbonyl (C=O) groups is 1. The molecule has 9 heteroatoms.